The van der Waals surface area contributed by atoms with E-state index in [0.29, 0.717) is 24.6 Å². The van der Waals surface area contributed by atoms with E-state index >= 15 is 0 Å². The monoisotopic (exact) mass is 509 g/mol. The zero-order chi connectivity index (χ0) is 26.8. The lowest BCUT2D eigenvalue weighted by molar-refractivity contribution is -0.155. The van der Waals surface area contributed by atoms with E-state index in [1.54, 1.807) is 31.3 Å². The molecule has 8 nitrogen and oxygen atoms in total. The maximum absolute atomic E-state index is 13.6. The molecule has 2 amide bonds. The molecule has 0 bridgehead atoms. The number of carbonyl (C=O) groups is 2. The van der Waals surface area contributed by atoms with Gasteiger partial charge >= 0.3 is 0 Å². The Morgan fingerprint density at radius 1 is 1.11 bits per heavy atom. The SMILES string of the molecule is CCOc1cc(F)ccc1-c1ccc(CNC(=O)[C@H](OC)C(O)C(=O)N(CC)Cc2ccccn2)cc1. The van der Waals surface area contributed by atoms with Crippen LogP contribution in [0.4, 0.5) is 4.39 Å². The highest BCUT2D eigenvalue weighted by Crippen LogP contribution is 2.31. The first kappa shape index (κ1) is 27.8. The Kier molecular flexibility index (Phi) is 10.1. The fourth-order valence-electron chi connectivity index (χ4n) is 3.83. The number of nitrogens with one attached hydrogen (secondary N) is 1. The summed E-state index contributed by atoms with van der Waals surface area (Å²) in [6.07, 6.45) is -1.43. The van der Waals surface area contributed by atoms with Gasteiger partial charge in [0.2, 0.25) is 0 Å². The fourth-order valence-corrected chi connectivity index (χ4v) is 3.83. The molecule has 1 heterocycles. The van der Waals surface area contributed by atoms with E-state index in [0.717, 1.165) is 16.7 Å². The number of methoxy groups -OCH3 is 1. The summed E-state index contributed by atoms with van der Waals surface area (Å²) in [6, 6.07) is 17.1. The number of pyridine rings is 1. The summed E-state index contributed by atoms with van der Waals surface area (Å²) < 4.78 is 24.3. The van der Waals surface area contributed by atoms with Gasteiger partial charge in [0.15, 0.2) is 12.2 Å². The lowest BCUT2D eigenvalue weighted by Crippen LogP contribution is -2.51. The van der Waals surface area contributed by atoms with Gasteiger partial charge in [0.25, 0.3) is 11.8 Å². The Balaban J connectivity index is 1.62. The van der Waals surface area contributed by atoms with Crippen LogP contribution in [0, 0.1) is 5.82 Å². The zero-order valence-corrected chi connectivity index (χ0v) is 21.2. The van der Waals surface area contributed by atoms with Gasteiger partial charge in [0.05, 0.1) is 18.8 Å². The Morgan fingerprint density at radius 2 is 1.86 bits per heavy atom. The highest BCUT2D eigenvalue weighted by molar-refractivity contribution is 5.91. The van der Waals surface area contributed by atoms with Crippen LogP contribution < -0.4 is 10.1 Å². The molecule has 0 spiro atoms. The lowest BCUT2D eigenvalue weighted by atomic mass is 10.0. The molecule has 0 saturated carbocycles. The van der Waals surface area contributed by atoms with Crippen molar-refractivity contribution in [3.05, 3.63) is 83.9 Å². The topological polar surface area (TPSA) is 101 Å². The first-order valence-electron chi connectivity index (χ1n) is 12.1. The normalized spacial score (nSPS) is 12.5. The molecule has 3 rings (SSSR count). The molecule has 1 unspecified atom stereocenters. The van der Waals surface area contributed by atoms with Gasteiger partial charge in [0.1, 0.15) is 11.6 Å². The van der Waals surface area contributed by atoms with Crippen LogP contribution in [0.3, 0.4) is 0 Å². The van der Waals surface area contributed by atoms with Crippen LogP contribution in [-0.4, -0.2) is 59.3 Å². The van der Waals surface area contributed by atoms with Crippen LogP contribution in [0.2, 0.25) is 0 Å². The lowest BCUT2D eigenvalue weighted by Gasteiger charge is -2.27. The van der Waals surface area contributed by atoms with Crippen LogP contribution in [-0.2, 0) is 27.4 Å². The summed E-state index contributed by atoms with van der Waals surface area (Å²) >= 11 is 0. The van der Waals surface area contributed by atoms with E-state index in [-0.39, 0.29) is 18.9 Å². The van der Waals surface area contributed by atoms with E-state index < -0.39 is 24.0 Å². The third-order valence-corrected chi connectivity index (χ3v) is 5.80. The number of halogens is 1. The van der Waals surface area contributed by atoms with E-state index in [4.69, 9.17) is 9.47 Å². The van der Waals surface area contributed by atoms with Crippen molar-refractivity contribution in [2.45, 2.75) is 39.1 Å². The molecule has 196 valence electrons. The van der Waals surface area contributed by atoms with Crippen LogP contribution in [0.15, 0.2) is 66.9 Å². The van der Waals surface area contributed by atoms with Crippen molar-refractivity contribution < 1.29 is 28.6 Å². The molecular formula is C28H32FN3O5. The first-order chi connectivity index (χ1) is 17.9. The van der Waals surface area contributed by atoms with Crippen LogP contribution in [0.1, 0.15) is 25.1 Å². The Morgan fingerprint density at radius 3 is 2.49 bits per heavy atom. The predicted molar refractivity (Wildman–Crippen MR) is 137 cm³/mol. The molecule has 0 aliphatic rings. The molecule has 1 aromatic heterocycles. The standard InChI is InChI=1S/C28H32FN3O5/c1-4-32(18-22-8-6-7-15-30-22)28(35)25(33)26(36-3)27(34)31-17-19-9-11-20(12-10-19)23-14-13-21(29)16-24(23)37-5-2/h6-16,25-26,33H,4-5,17-18H2,1-3H3,(H,31,34)/t25?,26-/m1/s1. The summed E-state index contributed by atoms with van der Waals surface area (Å²) in [4.78, 5) is 31.3. The third kappa shape index (κ3) is 7.34. The maximum atomic E-state index is 13.6. The molecule has 2 atom stereocenters. The van der Waals surface area contributed by atoms with Gasteiger partial charge in [-0.3, -0.25) is 14.6 Å². The minimum atomic E-state index is -1.67. The van der Waals surface area contributed by atoms with Gasteiger partial charge in [-0.25, -0.2) is 4.39 Å². The number of benzene rings is 2. The second-order valence-electron chi connectivity index (χ2n) is 8.26. The summed E-state index contributed by atoms with van der Waals surface area (Å²) in [5.74, 6) is -1.16. The van der Waals surface area contributed by atoms with Gasteiger partial charge in [-0.15, -0.1) is 0 Å². The first-order valence-corrected chi connectivity index (χ1v) is 12.1. The van der Waals surface area contributed by atoms with E-state index in [9.17, 15) is 19.1 Å². The third-order valence-electron chi connectivity index (χ3n) is 5.80. The highest BCUT2D eigenvalue weighted by Gasteiger charge is 2.34. The number of hydrogen-bond acceptors (Lipinski definition) is 6. The smallest absolute Gasteiger partial charge is 0.255 e. The van der Waals surface area contributed by atoms with Crippen LogP contribution in [0.5, 0.6) is 5.75 Å². The largest absolute Gasteiger partial charge is 0.493 e. The van der Waals surface area contributed by atoms with Gasteiger partial charge in [0, 0.05) is 38.0 Å². The van der Waals surface area contributed by atoms with Gasteiger partial charge in [-0.1, -0.05) is 30.3 Å². The van der Waals surface area contributed by atoms with E-state index in [1.165, 1.54) is 24.1 Å². The van der Waals surface area contributed by atoms with Crippen molar-refractivity contribution in [1.82, 2.24) is 15.2 Å². The Hall–Kier alpha value is -3.82. The molecule has 0 saturated heterocycles. The number of carbonyl (C=O) groups excluding carboxylic acids is 2. The average Bonchev–Trinajstić information content (AvgIpc) is 2.92. The van der Waals surface area contributed by atoms with E-state index in [2.05, 4.69) is 10.3 Å². The summed E-state index contributed by atoms with van der Waals surface area (Å²) in [6.45, 7) is 4.72. The second-order valence-corrected chi connectivity index (χ2v) is 8.26. The molecule has 0 aliphatic heterocycles. The number of ether oxygens (including phenoxy) is 2. The quantitative estimate of drug-likeness (QED) is 0.389. The van der Waals surface area contributed by atoms with Crippen molar-refractivity contribution in [3.63, 3.8) is 0 Å². The Labute approximate surface area is 216 Å². The minimum Gasteiger partial charge on any atom is -0.493 e. The van der Waals surface area contributed by atoms with Gasteiger partial charge < -0.3 is 24.8 Å². The average molecular weight is 510 g/mol. The van der Waals surface area contributed by atoms with Crippen molar-refractivity contribution in [2.24, 2.45) is 0 Å². The minimum absolute atomic E-state index is 0.160. The summed E-state index contributed by atoms with van der Waals surface area (Å²) in [5.41, 5.74) is 3.05. The van der Waals surface area contributed by atoms with Gasteiger partial charge in [-0.2, -0.15) is 0 Å². The number of rotatable bonds is 12. The zero-order valence-electron chi connectivity index (χ0n) is 21.2. The summed E-state index contributed by atoms with van der Waals surface area (Å²) in [5, 5.41) is 13.3. The molecule has 0 radical (unpaired) electrons. The number of amides is 2. The van der Waals surface area contributed by atoms with Crippen LogP contribution >= 0.6 is 0 Å². The van der Waals surface area contributed by atoms with Crippen molar-refractivity contribution in [3.8, 4) is 16.9 Å². The number of aliphatic hydroxyl groups is 1. The van der Waals surface area contributed by atoms with Gasteiger partial charge in [-0.05, 0) is 49.2 Å². The number of aliphatic hydroxyl groups excluding tert-OH is 1. The molecule has 3 aromatic rings. The molecule has 0 aliphatic carbocycles. The highest BCUT2D eigenvalue weighted by atomic mass is 19.1. The molecular weight excluding hydrogens is 477 g/mol. The van der Waals surface area contributed by atoms with Crippen molar-refractivity contribution in [2.75, 3.05) is 20.3 Å². The predicted octanol–water partition coefficient (Wildman–Crippen LogP) is 3.33. The molecule has 2 N–H and O–H groups in total. The number of hydrogen-bond donors (Lipinski definition) is 2. The molecule has 0 fully saturated rings. The maximum Gasteiger partial charge on any atom is 0.255 e. The second kappa shape index (κ2) is 13.5. The van der Waals surface area contributed by atoms with E-state index in [1.807, 2.05) is 37.3 Å². The number of aromatic nitrogens is 1. The Bertz CT molecular complexity index is 1170. The molecule has 2 aromatic carbocycles. The van der Waals surface area contributed by atoms with Crippen molar-refractivity contribution >= 4 is 11.8 Å². The molecule has 37 heavy (non-hydrogen) atoms. The van der Waals surface area contributed by atoms with Crippen LogP contribution in [0.25, 0.3) is 11.1 Å². The number of likely N-dealkylation sites (N-methyl/N-ethyl adjacent to an activating group) is 1. The van der Waals surface area contributed by atoms with Crippen molar-refractivity contribution in [1.29, 1.82) is 0 Å². The fraction of sp³-hybridized carbons (Fsp3) is 0.321. The number of nitrogens with zero attached hydrogens (tertiary/aromatic N) is 2. The summed E-state index contributed by atoms with van der Waals surface area (Å²) in [7, 11) is 1.27. The molecule has 9 heteroatoms.